The Balaban J connectivity index is 2.33. The van der Waals surface area contributed by atoms with Crippen LogP contribution in [0.25, 0.3) is 0 Å². The Morgan fingerprint density at radius 1 is 1.00 bits per heavy atom. The molecule has 0 spiro atoms. The third kappa shape index (κ3) is 3.17. The molecule has 0 radical (unpaired) electrons. The molecular formula is C16H15NO5. The fourth-order valence-electron chi connectivity index (χ4n) is 2.00. The second-order valence-electron chi connectivity index (χ2n) is 4.38. The lowest BCUT2D eigenvalue weighted by Gasteiger charge is -2.13. The third-order valence-electron chi connectivity index (χ3n) is 3.02. The van der Waals surface area contributed by atoms with Crippen molar-refractivity contribution < 1.29 is 24.2 Å². The predicted molar refractivity (Wildman–Crippen MR) is 80.9 cm³/mol. The zero-order valence-electron chi connectivity index (χ0n) is 12.1. The van der Waals surface area contributed by atoms with Crippen molar-refractivity contribution in [3.63, 3.8) is 0 Å². The molecule has 2 rings (SSSR count). The third-order valence-corrected chi connectivity index (χ3v) is 3.02. The summed E-state index contributed by atoms with van der Waals surface area (Å²) in [5, 5.41) is 11.6. The van der Waals surface area contributed by atoms with Gasteiger partial charge in [-0.15, -0.1) is 0 Å². The molecule has 0 atom stereocenters. The number of ether oxygens (including phenoxy) is 2. The average Bonchev–Trinajstić information content (AvgIpc) is 2.54. The first-order valence-electron chi connectivity index (χ1n) is 6.42. The summed E-state index contributed by atoms with van der Waals surface area (Å²) in [5.41, 5.74) is 0.705. The summed E-state index contributed by atoms with van der Waals surface area (Å²) in [5.74, 6) is -0.778. The zero-order valence-corrected chi connectivity index (χ0v) is 12.1. The number of benzene rings is 2. The van der Waals surface area contributed by atoms with Gasteiger partial charge in [-0.05, 0) is 30.3 Å². The maximum Gasteiger partial charge on any atom is 0.335 e. The van der Waals surface area contributed by atoms with Crippen molar-refractivity contribution >= 4 is 17.6 Å². The van der Waals surface area contributed by atoms with E-state index in [2.05, 4.69) is 5.32 Å². The summed E-state index contributed by atoms with van der Waals surface area (Å²) in [7, 11) is 2.91. The maximum atomic E-state index is 12.4. The van der Waals surface area contributed by atoms with Gasteiger partial charge < -0.3 is 19.9 Å². The van der Waals surface area contributed by atoms with Gasteiger partial charge in [0.15, 0.2) is 0 Å². The first kappa shape index (κ1) is 15.4. The van der Waals surface area contributed by atoms with Crippen molar-refractivity contribution in [1.29, 1.82) is 0 Å². The molecule has 0 aliphatic heterocycles. The summed E-state index contributed by atoms with van der Waals surface area (Å²) in [6.45, 7) is 0. The number of carbonyl (C=O) groups is 2. The Hall–Kier alpha value is -3.02. The van der Waals surface area contributed by atoms with E-state index in [0.717, 1.165) is 0 Å². The van der Waals surface area contributed by atoms with Crippen LogP contribution >= 0.6 is 0 Å². The molecule has 114 valence electrons. The lowest BCUT2D eigenvalue weighted by molar-refractivity contribution is 0.0696. The number of carboxylic acids is 1. The van der Waals surface area contributed by atoms with Crippen molar-refractivity contribution in [2.24, 2.45) is 0 Å². The van der Waals surface area contributed by atoms with Crippen molar-refractivity contribution in [3.05, 3.63) is 53.6 Å². The van der Waals surface area contributed by atoms with Gasteiger partial charge in [-0.1, -0.05) is 12.1 Å². The van der Waals surface area contributed by atoms with E-state index in [0.29, 0.717) is 17.2 Å². The molecule has 0 aromatic heterocycles. The molecule has 2 N–H and O–H groups in total. The molecule has 0 saturated heterocycles. The number of nitrogens with one attached hydrogen (secondary N) is 1. The van der Waals surface area contributed by atoms with Crippen LogP contribution in [0.1, 0.15) is 20.7 Å². The first-order chi connectivity index (χ1) is 10.6. The Morgan fingerprint density at radius 2 is 1.59 bits per heavy atom. The number of hydrogen-bond acceptors (Lipinski definition) is 4. The molecule has 0 fully saturated rings. The minimum Gasteiger partial charge on any atom is -0.496 e. The quantitative estimate of drug-likeness (QED) is 0.887. The molecule has 22 heavy (non-hydrogen) atoms. The first-order valence-corrected chi connectivity index (χ1v) is 6.42. The molecular weight excluding hydrogens is 286 g/mol. The van der Waals surface area contributed by atoms with E-state index >= 15 is 0 Å². The van der Waals surface area contributed by atoms with E-state index in [1.807, 2.05) is 0 Å². The number of aromatic carboxylic acids is 1. The SMILES string of the molecule is COc1cccc(OC)c1C(=O)Nc1cccc(C(=O)O)c1. The highest BCUT2D eigenvalue weighted by Crippen LogP contribution is 2.29. The van der Waals surface area contributed by atoms with Gasteiger partial charge in [0, 0.05) is 5.69 Å². The van der Waals surface area contributed by atoms with E-state index in [1.54, 1.807) is 30.3 Å². The van der Waals surface area contributed by atoms with E-state index in [1.165, 1.54) is 26.4 Å². The van der Waals surface area contributed by atoms with Crippen LogP contribution in [0.4, 0.5) is 5.69 Å². The fourth-order valence-corrected chi connectivity index (χ4v) is 2.00. The number of amides is 1. The molecule has 0 saturated carbocycles. The van der Waals surface area contributed by atoms with Crippen LogP contribution in [-0.4, -0.2) is 31.2 Å². The van der Waals surface area contributed by atoms with E-state index < -0.39 is 11.9 Å². The molecule has 2 aromatic carbocycles. The molecule has 6 heteroatoms. The molecule has 2 aromatic rings. The van der Waals surface area contributed by atoms with Crippen LogP contribution in [0.5, 0.6) is 11.5 Å². The summed E-state index contributed by atoms with van der Waals surface area (Å²) >= 11 is 0. The normalized spacial score (nSPS) is 9.91. The van der Waals surface area contributed by atoms with Crippen molar-refractivity contribution in [1.82, 2.24) is 0 Å². The van der Waals surface area contributed by atoms with E-state index in [9.17, 15) is 9.59 Å². The van der Waals surface area contributed by atoms with Crippen molar-refractivity contribution in [3.8, 4) is 11.5 Å². The Morgan fingerprint density at radius 3 is 2.14 bits per heavy atom. The number of anilines is 1. The van der Waals surface area contributed by atoms with Gasteiger partial charge >= 0.3 is 5.97 Å². The Bertz CT molecular complexity index is 689. The second kappa shape index (κ2) is 6.62. The number of hydrogen-bond donors (Lipinski definition) is 2. The summed E-state index contributed by atoms with van der Waals surface area (Å²) in [6, 6.07) is 11.0. The van der Waals surface area contributed by atoms with Crippen molar-refractivity contribution in [2.75, 3.05) is 19.5 Å². The van der Waals surface area contributed by atoms with Crippen molar-refractivity contribution in [2.45, 2.75) is 0 Å². The van der Waals surface area contributed by atoms with Crippen LogP contribution in [0.3, 0.4) is 0 Å². The highest BCUT2D eigenvalue weighted by Gasteiger charge is 2.18. The van der Waals surface area contributed by atoms with Gasteiger partial charge in [0.2, 0.25) is 0 Å². The molecule has 0 heterocycles. The summed E-state index contributed by atoms with van der Waals surface area (Å²) in [6.07, 6.45) is 0. The van der Waals surface area contributed by atoms with E-state index in [4.69, 9.17) is 14.6 Å². The topological polar surface area (TPSA) is 84.9 Å². The minimum atomic E-state index is -1.06. The monoisotopic (exact) mass is 301 g/mol. The average molecular weight is 301 g/mol. The molecule has 0 aliphatic carbocycles. The van der Waals surface area contributed by atoms with Crippen LogP contribution in [-0.2, 0) is 0 Å². The Kier molecular flexibility index (Phi) is 4.63. The number of rotatable bonds is 5. The van der Waals surface area contributed by atoms with Gasteiger partial charge in [-0.25, -0.2) is 4.79 Å². The summed E-state index contributed by atoms with van der Waals surface area (Å²) < 4.78 is 10.3. The highest BCUT2D eigenvalue weighted by atomic mass is 16.5. The number of carbonyl (C=O) groups excluding carboxylic acids is 1. The lowest BCUT2D eigenvalue weighted by Crippen LogP contribution is -2.15. The molecule has 6 nitrogen and oxygen atoms in total. The number of methoxy groups -OCH3 is 2. The zero-order chi connectivity index (χ0) is 16.1. The standard InChI is InChI=1S/C16H15NO5/c1-21-12-7-4-8-13(22-2)14(12)15(18)17-11-6-3-5-10(9-11)16(19)20/h3-9H,1-2H3,(H,17,18)(H,19,20). The van der Waals surface area contributed by atoms with Crippen LogP contribution in [0, 0.1) is 0 Å². The van der Waals surface area contributed by atoms with Gasteiger partial charge in [0.1, 0.15) is 17.1 Å². The van der Waals surface area contributed by atoms with Gasteiger partial charge in [0.05, 0.1) is 19.8 Å². The minimum absolute atomic E-state index is 0.0878. The van der Waals surface area contributed by atoms with Gasteiger partial charge in [-0.3, -0.25) is 4.79 Å². The highest BCUT2D eigenvalue weighted by molar-refractivity contribution is 6.08. The molecule has 0 bridgehead atoms. The number of carboxylic acid groups (broad SMARTS) is 1. The second-order valence-corrected chi connectivity index (χ2v) is 4.38. The predicted octanol–water partition coefficient (Wildman–Crippen LogP) is 2.65. The van der Waals surface area contributed by atoms with E-state index in [-0.39, 0.29) is 11.1 Å². The van der Waals surface area contributed by atoms with Gasteiger partial charge in [-0.2, -0.15) is 0 Å². The Labute approximate surface area is 127 Å². The van der Waals surface area contributed by atoms with Crippen LogP contribution in [0.15, 0.2) is 42.5 Å². The molecule has 0 aliphatic rings. The van der Waals surface area contributed by atoms with Gasteiger partial charge in [0.25, 0.3) is 5.91 Å². The maximum absolute atomic E-state index is 12.4. The molecule has 0 unspecified atom stereocenters. The smallest absolute Gasteiger partial charge is 0.335 e. The largest absolute Gasteiger partial charge is 0.496 e. The molecule has 1 amide bonds. The van der Waals surface area contributed by atoms with Crippen LogP contribution in [0.2, 0.25) is 0 Å². The lowest BCUT2D eigenvalue weighted by atomic mass is 10.1. The van der Waals surface area contributed by atoms with Crippen LogP contribution < -0.4 is 14.8 Å². The fraction of sp³-hybridized carbons (Fsp3) is 0.125. The summed E-state index contributed by atoms with van der Waals surface area (Å²) in [4.78, 5) is 23.4.